The maximum Gasteiger partial charge on any atom is 0.335 e. The van der Waals surface area contributed by atoms with Gasteiger partial charge in [0.1, 0.15) is 6.04 Å². The number of aliphatic carboxylic acids is 1. The van der Waals surface area contributed by atoms with Crippen LogP contribution in [0.2, 0.25) is 0 Å². The zero-order valence-electron chi connectivity index (χ0n) is 8.79. The fourth-order valence-electron chi connectivity index (χ4n) is 1.61. The first-order valence-corrected chi connectivity index (χ1v) is 6.06. The predicted molar refractivity (Wildman–Crippen MR) is 63.2 cm³/mol. The Morgan fingerprint density at radius 1 is 1.24 bits per heavy atom. The lowest BCUT2D eigenvalue weighted by atomic mass is 10.1. The van der Waals surface area contributed by atoms with Crippen LogP contribution in [0.1, 0.15) is 21.3 Å². The summed E-state index contributed by atoms with van der Waals surface area (Å²) in [5.74, 6) is -1.31. The molecule has 2 rings (SSSR count). The minimum atomic E-state index is -0.966. The van der Waals surface area contributed by atoms with E-state index < -0.39 is 18.0 Å². The van der Waals surface area contributed by atoms with E-state index >= 15 is 0 Å². The topological polar surface area (TPSA) is 86.6 Å². The van der Waals surface area contributed by atoms with Gasteiger partial charge in [-0.2, -0.15) is 0 Å². The number of hydrogen-bond donors (Lipinski definition) is 3. The van der Waals surface area contributed by atoms with Gasteiger partial charge in [-0.25, -0.2) is 4.79 Å². The number of carbonyl (C=O) groups is 2. The summed E-state index contributed by atoms with van der Waals surface area (Å²) in [6, 6.07) is 5.92. The lowest BCUT2D eigenvalue weighted by Crippen LogP contribution is -2.33. The molecule has 1 aliphatic rings. The Morgan fingerprint density at radius 3 is 2.35 bits per heavy atom. The summed E-state index contributed by atoms with van der Waals surface area (Å²) in [5, 5.41) is 20.5. The van der Waals surface area contributed by atoms with E-state index in [1.165, 1.54) is 23.9 Å². The Bertz CT molecular complexity index is 445. The number of thioether (sulfide) groups is 1. The molecule has 1 fully saturated rings. The van der Waals surface area contributed by atoms with Gasteiger partial charge in [0.15, 0.2) is 0 Å². The van der Waals surface area contributed by atoms with E-state index in [0.29, 0.717) is 5.75 Å². The number of hydrogen-bond acceptors (Lipinski definition) is 4. The van der Waals surface area contributed by atoms with Crippen LogP contribution < -0.4 is 5.32 Å². The Morgan fingerprint density at radius 2 is 1.88 bits per heavy atom. The Labute approximate surface area is 102 Å². The SMILES string of the molecule is O=C(O)c1ccc([C@H]2N[C@@H](C(=O)O)CS2)cc1. The van der Waals surface area contributed by atoms with E-state index in [0.717, 1.165) is 5.56 Å². The second-order valence-electron chi connectivity index (χ2n) is 3.70. The molecule has 5 nitrogen and oxygen atoms in total. The number of carboxylic acid groups (broad SMARTS) is 2. The molecule has 2 atom stereocenters. The predicted octanol–water partition coefficient (Wildman–Crippen LogP) is 1.17. The van der Waals surface area contributed by atoms with Crippen LogP contribution in [-0.4, -0.2) is 33.9 Å². The minimum Gasteiger partial charge on any atom is -0.480 e. The minimum absolute atomic E-state index is 0.0843. The molecule has 1 aliphatic heterocycles. The van der Waals surface area contributed by atoms with E-state index in [4.69, 9.17) is 10.2 Å². The number of nitrogens with one attached hydrogen (secondary N) is 1. The summed E-state index contributed by atoms with van der Waals surface area (Å²) >= 11 is 1.51. The molecule has 0 radical (unpaired) electrons. The average Bonchev–Trinajstić information content (AvgIpc) is 2.78. The maximum absolute atomic E-state index is 10.8. The van der Waals surface area contributed by atoms with Crippen LogP contribution in [0.5, 0.6) is 0 Å². The summed E-state index contributed by atoms with van der Waals surface area (Å²) in [4.78, 5) is 21.4. The molecule has 1 saturated heterocycles. The van der Waals surface area contributed by atoms with Crippen molar-refractivity contribution in [3.8, 4) is 0 Å². The molecule has 3 N–H and O–H groups in total. The van der Waals surface area contributed by atoms with Crippen LogP contribution in [0.3, 0.4) is 0 Å². The van der Waals surface area contributed by atoms with Gasteiger partial charge < -0.3 is 10.2 Å². The molecule has 6 heteroatoms. The normalized spacial score (nSPS) is 23.5. The molecule has 0 spiro atoms. The quantitative estimate of drug-likeness (QED) is 0.749. The first kappa shape index (κ1) is 11.9. The van der Waals surface area contributed by atoms with Crippen LogP contribution in [-0.2, 0) is 4.79 Å². The van der Waals surface area contributed by atoms with E-state index in [1.807, 2.05) is 0 Å². The second kappa shape index (κ2) is 4.77. The van der Waals surface area contributed by atoms with Crippen LogP contribution >= 0.6 is 11.8 Å². The van der Waals surface area contributed by atoms with E-state index in [9.17, 15) is 9.59 Å². The molecule has 90 valence electrons. The number of aromatic carboxylic acids is 1. The van der Waals surface area contributed by atoms with Crippen molar-refractivity contribution in [1.82, 2.24) is 5.32 Å². The zero-order chi connectivity index (χ0) is 12.4. The molecular weight excluding hydrogens is 242 g/mol. The molecule has 0 bridgehead atoms. The summed E-state index contributed by atoms with van der Waals surface area (Å²) in [5.41, 5.74) is 1.12. The zero-order valence-corrected chi connectivity index (χ0v) is 9.61. The van der Waals surface area contributed by atoms with Gasteiger partial charge in [0.2, 0.25) is 0 Å². The third kappa shape index (κ3) is 2.59. The average molecular weight is 253 g/mol. The van der Waals surface area contributed by atoms with Gasteiger partial charge >= 0.3 is 11.9 Å². The molecule has 0 saturated carbocycles. The summed E-state index contributed by atoms with van der Waals surface area (Å²) < 4.78 is 0. The molecule has 0 aliphatic carbocycles. The van der Waals surface area contributed by atoms with Gasteiger partial charge in [0, 0.05) is 5.75 Å². The molecule has 17 heavy (non-hydrogen) atoms. The highest BCUT2D eigenvalue weighted by molar-refractivity contribution is 7.99. The van der Waals surface area contributed by atoms with Gasteiger partial charge in [-0.15, -0.1) is 11.8 Å². The standard InChI is InChI=1S/C11H11NO4S/c13-10(14)7-3-1-6(2-4-7)9-12-8(5-17-9)11(15)16/h1-4,8-9,12H,5H2,(H,13,14)(H,15,16)/t8-,9+/m1/s1. The van der Waals surface area contributed by atoms with Crippen molar-refractivity contribution >= 4 is 23.7 Å². The highest BCUT2D eigenvalue weighted by atomic mass is 32.2. The van der Waals surface area contributed by atoms with Crippen molar-refractivity contribution in [2.24, 2.45) is 0 Å². The molecule has 0 aromatic heterocycles. The molecule has 1 heterocycles. The van der Waals surface area contributed by atoms with Gasteiger partial charge in [0.05, 0.1) is 10.9 Å². The highest BCUT2D eigenvalue weighted by Crippen LogP contribution is 2.32. The number of benzene rings is 1. The fraction of sp³-hybridized carbons (Fsp3) is 0.273. The first-order chi connectivity index (χ1) is 8.08. The van der Waals surface area contributed by atoms with Gasteiger partial charge in [-0.3, -0.25) is 10.1 Å². The van der Waals surface area contributed by atoms with Crippen LogP contribution in [0.25, 0.3) is 0 Å². The van der Waals surface area contributed by atoms with Crippen molar-refractivity contribution in [2.45, 2.75) is 11.4 Å². The van der Waals surface area contributed by atoms with Crippen LogP contribution in [0.4, 0.5) is 0 Å². The Hall–Kier alpha value is -1.53. The lowest BCUT2D eigenvalue weighted by molar-refractivity contribution is -0.138. The number of carboxylic acids is 2. The summed E-state index contributed by atoms with van der Waals surface area (Å²) in [7, 11) is 0. The second-order valence-corrected chi connectivity index (χ2v) is 4.84. The third-order valence-electron chi connectivity index (χ3n) is 2.54. The highest BCUT2D eigenvalue weighted by Gasteiger charge is 2.30. The van der Waals surface area contributed by atoms with Gasteiger partial charge in [-0.05, 0) is 17.7 Å². The molecule has 1 aromatic rings. The smallest absolute Gasteiger partial charge is 0.335 e. The molecule has 0 amide bonds. The van der Waals surface area contributed by atoms with Gasteiger partial charge in [-0.1, -0.05) is 12.1 Å². The molecule has 1 aromatic carbocycles. The molecular formula is C11H11NO4S. The van der Waals surface area contributed by atoms with Crippen molar-refractivity contribution in [1.29, 1.82) is 0 Å². The third-order valence-corrected chi connectivity index (χ3v) is 3.81. The van der Waals surface area contributed by atoms with Gasteiger partial charge in [0.25, 0.3) is 0 Å². The van der Waals surface area contributed by atoms with Crippen molar-refractivity contribution in [3.05, 3.63) is 35.4 Å². The van der Waals surface area contributed by atoms with E-state index in [1.54, 1.807) is 12.1 Å². The monoisotopic (exact) mass is 253 g/mol. The number of rotatable bonds is 3. The van der Waals surface area contributed by atoms with E-state index in [2.05, 4.69) is 5.32 Å². The van der Waals surface area contributed by atoms with E-state index in [-0.39, 0.29) is 10.9 Å². The Balaban J connectivity index is 2.09. The summed E-state index contributed by atoms with van der Waals surface area (Å²) in [6.45, 7) is 0. The largest absolute Gasteiger partial charge is 0.480 e. The van der Waals surface area contributed by atoms with Crippen LogP contribution in [0.15, 0.2) is 24.3 Å². The lowest BCUT2D eigenvalue weighted by Gasteiger charge is -2.11. The van der Waals surface area contributed by atoms with Crippen molar-refractivity contribution in [2.75, 3.05) is 5.75 Å². The fourth-order valence-corrected chi connectivity index (χ4v) is 2.84. The van der Waals surface area contributed by atoms with Crippen molar-refractivity contribution < 1.29 is 19.8 Å². The first-order valence-electron chi connectivity index (χ1n) is 5.01. The maximum atomic E-state index is 10.8. The van der Waals surface area contributed by atoms with Crippen molar-refractivity contribution in [3.63, 3.8) is 0 Å². The molecule has 0 unspecified atom stereocenters. The summed E-state index contributed by atoms with van der Waals surface area (Å²) in [6.07, 6.45) is 0. The van der Waals surface area contributed by atoms with Crippen LogP contribution in [0, 0.1) is 0 Å². The Kier molecular flexibility index (Phi) is 3.35.